The van der Waals surface area contributed by atoms with Gasteiger partial charge in [-0.3, -0.25) is 0 Å². The molecule has 0 spiro atoms. The zero-order chi connectivity index (χ0) is 17.2. The molecular weight excluding hydrogens is 323 g/mol. The number of nitrogens with zero attached hydrogens (tertiary/aromatic N) is 2. The fraction of sp³-hybridized carbons (Fsp3) is 0.333. The minimum atomic E-state index is -4.15. The summed E-state index contributed by atoms with van der Waals surface area (Å²) in [6, 6.07) is 16.8. The maximum Gasteiger partial charge on any atom is 0.402 e. The van der Waals surface area contributed by atoms with Crippen LogP contribution < -0.4 is 4.90 Å². The predicted molar refractivity (Wildman–Crippen MR) is 96.6 cm³/mol. The highest BCUT2D eigenvalue weighted by Crippen LogP contribution is 2.39. The van der Waals surface area contributed by atoms with Crippen LogP contribution in [0.4, 0.5) is 11.4 Å². The molecule has 0 bridgehead atoms. The number of fused-ring (bicyclic) bond motifs is 2. The first kappa shape index (κ1) is 17.2. The van der Waals surface area contributed by atoms with Crippen LogP contribution in [0, 0.1) is 0 Å². The fourth-order valence-electron chi connectivity index (χ4n) is 3.20. The average Bonchev–Trinajstić information content (AvgIpc) is 2.72. The second-order valence-corrected chi connectivity index (χ2v) is 7.87. The number of benzene rings is 2. The van der Waals surface area contributed by atoms with Gasteiger partial charge < -0.3 is 14.7 Å². The molecule has 1 heterocycles. The monoisotopic (exact) mass is 346 g/mol. The van der Waals surface area contributed by atoms with Crippen molar-refractivity contribution in [1.29, 1.82) is 0 Å². The number of rotatable bonds is 5. The highest BCUT2D eigenvalue weighted by atomic mass is 31.2. The smallest absolute Gasteiger partial charge is 0.341 e. The molecule has 2 N–H and O–H groups in total. The third-order valence-corrected chi connectivity index (χ3v) is 5.63. The summed E-state index contributed by atoms with van der Waals surface area (Å²) >= 11 is 0. The minimum absolute atomic E-state index is 0.352. The van der Waals surface area contributed by atoms with Gasteiger partial charge in [0.15, 0.2) is 0 Å². The molecule has 0 amide bonds. The molecule has 0 saturated heterocycles. The van der Waals surface area contributed by atoms with Crippen LogP contribution in [-0.2, 0) is 17.4 Å². The Morgan fingerprint density at radius 2 is 1.50 bits per heavy atom. The molecule has 1 aliphatic heterocycles. The first-order valence-corrected chi connectivity index (χ1v) is 9.74. The molecule has 0 aromatic heterocycles. The van der Waals surface area contributed by atoms with E-state index in [0.29, 0.717) is 13.0 Å². The van der Waals surface area contributed by atoms with Crippen LogP contribution >= 0.6 is 7.75 Å². The number of anilines is 2. The molecule has 0 radical (unpaired) electrons. The lowest BCUT2D eigenvalue weighted by Gasteiger charge is -2.28. The van der Waals surface area contributed by atoms with Gasteiger partial charge in [0.1, 0.15) is 0 Å². The zero-order valence-electron chi connectivity index (χ0n) is 13.8. The second kappa shape index (κ2) is 7.08. The Balaban J connectivity index is 1.84. The van der Waals surface area contributed by atoms with Gasteiger partial charge in [0.05, 0.1) is 0 Å². The van der Waals surface area contributed by atoms with Crippen LogP contribution in [0.3, 0.4) is 0 Å². The van der Waals surface area contributed by atoms with Crippen LogP contribution in [0.1, 0.15) is 17.5 Å². The quantitative estimate of drug-likeness (QED) is 0.813. The van der Waals surface area contributed by atoms with Crippen molar-refractivity contribution in [2.75, 3.05) is 25.0 Å². The number of aryl methyl sites for hydroxylation is 2. The minimum Gasteiger partial charge on any atom is -0.341 e. The lowest BCUT2D eigenvalue weighted by molar-refractivity contribution is 0.291. The van der Waals surface area contributed by atoms with Gasteiger partial charge >= 0.3 is 7.75 Å². The zero-order valence-corrected chi connectivity index (χ0v) is 14.7. The van der Waals surface area contributed by atoms with Crippen LogP contribution in [0.5, 0.6) is 0 Å². The topological polar surface area (TPSA) is 64.0 Å². The summed E-state index contributed by atoms with van der Waals surface area (Å²) in [7, 11) is -2.69. The Kier molecular flexibility index (Phi) is 5.07. The van der Waals surface area contributed by atoms with Gasteiger partial charge in [-0.25, -0.2) is 9.24 Å². The largest absolute Gasteiger partial charge is 0.402 e. The molecule has 0 atom stereocenters. The first-order chi connectivity index (χ1) is 11.5. The Morgan fingerprint density at radius 1 is 1.00 bits per heavy atom. The summed E-state index contributed by atoms with van der Waals surface area (Å²) in [4.78, 5) is 20.7. The van der Waals surface area contributed by atoms with E-state index < -0.39 is 7.75 Å². The van der Waals surface area contributed by atoms with Crippen molar-refractivity contribution in [3.8, 4) is 0 Å². The van der Waals surface area contributed by atoms with E-state index in [2.05, 4.69) is 41.3 Å². The van der Waals surface area contributed by atoms with E-state index in [9.17, 15) is 14.4 Å². The maximum absolute atomic E-state index is 11.3. The SMILES string of the molecule is CN(CCCN1c2ccccc2CCc2ccccc21)P(=O)(O)O. The molecule has 5 nitrogen and oxygen atoms in total. The molecule has 0 unspecified atom stereocenters. The summed E-state index contributed by atoms with van der Waals surface area (Å²) in [6.45, 7) is 1.07. The molecule has 1 aliphatic rings. The van der Waals surface area contributed by atoms with Gasteiger partial charge in [-0.05, 0) is 49.6 Å². The maximum atomic E-state index is 11.3. The molecule has 24 heavy (non-hydrogen) atoms. The molecule has 0 saturated carbocycles. The lowest BCUT2D eigenvalue weighted by atomic mass is 10.0. The van der Waals surface area contributed by atoms with Crippen molar-refractivity contribution >= 4 is 19.1 Å². The summed E-state index contributed by atoms with van der Waals surface area (Å²) in [6.07, 6.45) is 2.68. The Hall–Kier alpha value is -1.65. The fourth-order valence-corrected chi connectivity index (χ4v) is 3.60. The lowest BCUT2D eigenvalue weighted by Crippen LogP contribution is -2.24. The first-order valence-electron chi connectivity index (χ1n) is 8.17. The third kappa shape index (κ3) is 3.70. The number of hydrogen-bond donors (Lipinski definition) is 2. The molecule has 0 aliphatic carbocycles. The van der Waals surface area contributed by atoms with Gasteiger partial charge in [0.2, 0.25) is 0 Å². The summed E-state index contributed by atoms with van der Waals surface area (Å²) in [5.74, 6) is 0. The Morgan fingerprint density at radius 3 is 2.00 bits per heavy atom. The predicted octanol–water partition coefficient (Wildman–Crippen LogP) is 3.34. The van der Waals surface area contributed by atoms with E-state index in [1.807, 2.05) is 12.1 Å². The van der Waals surface area contributed by atoms with Crippen molar-refractivity contribution in [3.63, 3.8) is 0 Å². The summed E-state index contributed by atoms with van der Waals surface area (Å²) < 4.78 is 12.4. The van der Waals surface area contributed by atoms with Crippen molar-refractivity contribution in [3.05, 3.63) is 59.7 Å². The molecule has 6 heteroatoms. The Bertz CT molecular complexity index is 712. The van der Waals surface area contributed by atoms with Gasteiger partial charge in [-0.15, -0.1) is 0 Å². The number of para-hydroxylation sites is 2. The highest BCUT2D eigenvalue weighted by Gasteiger charge is 2.22. The average molecular weight is 346 g/mol. The molecule has 2 aromatic carbocycles. The van der Waals surface area contributed by atoms with Gasteiger partial charge in [0.25, 0.3) is 0 Å². The van der Waals surface area contributed by atoms with E-state index >= 15 is 0 Å². The molecular formula is C18H23N2O3P. The molecule has 3 rings (SSSR count). The summed E-state index contributed by atoms with van der Waals surface area (Å²) in [5.41, 5.74) is 5.02. The Labute approximate surface area is 142 Å². The molecule has 2 aromatic rings. The molecule has 128 valence electrons. The van der Waals surface area contributed by atoms with Gasteiger partial charge in [-0.2, -0.15) is 0 Å². The molecule has 0 fully saturated rings. The van der Waals surface area contributed by atoms with Crippen LogP contribution in [0.15, 0.2) is 48.5 Å². The van der Waals surface area contributed by atoms with Crippen molar-refractivity contribution in [2.45, 2.75) is 19.3 Å². The van der Waals surface area contributed by atoms with E-state index in [1.54, 1.807) is 0 Å². The van der Waals surface area contributed by atoms with Crippen LogP contribution in [0.25, 0.3) is 0 Å². The second-order valence-electron chi connectivity index (χ2n) is 6.16. The van der Waals surface area contributed by atoms with Crippen LogP contribution in [-0.4, -0.2) is 34.6 Å². The van der Waals surface area contributed by atoms with Crippen LogP contribution in [0.2, 0.25) is 0 Å². The van der Waals surface area contributed by atoms with E-state index in [4.69, 9.17) is 0 Å². The van der Waals surface area contributed by atoms with Crippen molar-refractivity contribution in [2.24, 2.45) is 0 Å². The van der Waals surface area contributed by atoms with E-state index in [0.717, 1.165) is 24.1 Å². The van der Waals surface area contributed by atoms with E-state index in [-0.39, 0.29) is 0 Å². The standard InChI is InChI=1S/C18H23N2O3P/c1-19(24(21,22)23)13-6-14-20-17-9-4-2-7-15(17)11-12-16-8-3-5-10-18(16)20/h2-5,7-10H,6,11-14H2,1H3,(H2,21,22,23). The van der Waals surface area contributed by atoms with Gasteiger partial charge in [-0.1, -0.05) is 36.4 Å². The van der Waals surface area contributed by atoms with Crippen molar-refractivity contribution in [1.82, 2.24) is 4.67 Å². The number of hydrogen-bond acceptors (Lipinski definition) is 2. The summed E-state index contributed by atoms with van der Waals surface area (Å²) in [5, 5.41) is 0. The third-order valence-electron chi connectivity index (χ3n) is 4.54. The normalized spacial score (nSPS) is 14.2. The van der Waals surface area contributed by atoms with Crippen molar-refractivity contribution < 1.29 is 14.4 Å². The van der Waals surface area contributed by atoms with E-state index in [1.165, 1.54) is 29.5 Å². The van der Waals surface area contributed by atoms with Gasteiger partial charge in [0, 0.05) is 24.5 Å². The highest BCUT2D eigenvalue weighted by molar-refractivity contribution is 7.49.